The number of carbonyl (C=O) groups excluding carboxylic acids is 1. The molecule has 3 rings (SSSR count). The molecule has 0 bridgehead atoms. The largest absolute Gasteiger partial charge is 0.373 e. The zero-order valence-electron chi connectivity index (χ0n) is 9.18. The van der Waals surface area contributed by atoms with Gasteiger partial charge in [0, 0.05) is 12.1 Å². The maximum atomic E-state index is 13.1. The zero-order valence-corrected chi connectivity index (χ0v) is 10.00. The topological polar surface area (TPSA) is 66.9 Å². The third-order valence-corrected chi connectivity index (χ3v) is 3.33. The molecule has 92 valence electrons. The molecule has 2 N–H and O–H groups in total. The van der Waals surface area contributed by atoms with Gasteiger partial charge in [-0.05, 0) is 23.8 Å². The lowest BCUT2D eigenvalue weighted by atomic mass is 10.1. The maximum Gasteiger partial charge on any atom is 0.249 e. The number of halogens is 1. The van der Waals surface area contributed by atoms with Crippen LogP contribution in [0.3, 0.4) is 0 Å². The second kappa shape index (κ2) is 4.34. The Bertz CT molecular complexity index is 587. The highest BCUT2D eigenvalue weighted by Gasteiger charge is 2.27. The van der Waals surface area contributed by atoms with E-state index in [-0.39, 0.29) is 11.7 Å². The molecular formula is C11H9FN4OS. The van der Waals surface area contributed by atoms with E-state index in [4.69, 9.17) is 0 Å². The summed E-state index contributed by atoms with van der Waals surface area (Å²) < 4.78 is 13.1. The van der Waals surface area contributed by atoms with E-state index in [2.05, 4.69) is 20.8 Å². The van der Waals surface area contributed by atoms with Gasteiger partial charge in [-0.15, -0.1) is 10.2 Å². The van der Waals surface area contributed by atoms with Crippen LogP contribution in [0.5, 0.6) is 0 Å². The smallest absolute Gasteiger partial charge is 0.249 e. The van der Waals surface area contributed by atoms with Gasteiger partial charge in [0.1, 0.15) is 17.4 Å². The number of carbonyl (C=O) groups is 1. The highest BCUT2D eigenvalue weighted by atomic mass is 32.1. The number of hydrogen-bond donors (Lipinski definition) is 2. The molecule has 2 aromatic rings. The Kier molecular flexibility index (Phi) is 2.67. The molecule has 2 heterocycles. The van der Waals surface area contributed by atoms with E-state index in [1.54, 1.807) is 11.6 Å². The summed E-state index contributed by atoms with van der Waals surface area (Å²) in [5.41, 5.74) is 3.16. The lowest BCUT2D eigenvalue weighted by Crippen LogP contribution is -2.32. The van der Waals surface area contributed by atoms with E-state index >= 15 is 0 Å². The first-order valence-electron chi connectivity index (χ1n) is 5.34. The minimum Gasteiger partial charge on any atom is -0.373 e. The molecule has 1 atom stereocenters. The Balaban J connectivity index is 1.72. The number of anilines is 2. The van der Waals surface area contributed by atoms with Gasteiger partial charge in [0.2, 0.25) is 11.0 Å². The van der Waals surface area contributed by atoms with Crippen molar-refractivity contribution >= 4 is 28.1 Å². The molecule has 1 unspecified atom stereocenters. The zero-order chi connectivity index (χ0) is 12.5. The highest BCUT2D eigenvalue weighted by molar-refractivity contribution is 7.13. The number of nitrogens with zero attached hydrogens (tertiary/aromatic N) is 2. The van der Waals surface area contributed by atoms with Gasteiger partial charge in [-0.25, -0.2) is 4.39 Å². The van der Waals surface area contributed by atoms with Crippen LogP contribution in [0.15, 0.2) is 23.7 Å². The lowest BCUT2D eigenvalue weighted by Gasteiger charge is -2.09. The summed E-state index contributed by atoms with van der Waals surface area (Å²) in [4.78, 5) is 11.9. The molecule has 0 aliphatic carbocycles. The Morgan fingerprint density at radius 1 is 1.56 bits per heavy atom. The van der Waals surface area contributed by atoms with Crippen LogP contribution >= 0.6 is 11.3 Å². The average Bonchev–Trinajstić information content (AvgIpc) is 2.96. The summed E-state index contributed by atoms with van der Waals surface area (Å²) in [5, 5.41) is 13.6. The van der Waals surface area contributed by atoms with Gasteiger partial charge < -0.3 is 5.32 Å². The van der Waals surface area contributed by atoms with Crippen molar-refractivity contribution in [3.05, 3.63) is 35.1 Å². The SMILES string of the molecule is O=C(Nc1nncs1)C1Cc2cc(F)ccc2N1. The predicted molar refractivity (Wildman–Crippen MR) is 66.1 cm³/mol. The Labute approximate surface area is 106 Å². The monoisotopic (exact) mass is 264 g/mol. The molecule has 0 saturated heterocycles. The molecule has 1 aromatic carbocycles. The van der Waals surface area contributed by atoms with Crippen molar-refractivity contribution in [2.45, 2.75) is 12.5 Å². The van der Waals surface area contributed by atoms with Crippen LogP contribution in [0.1, 0.15) is 5.56 Å². The molecule has 1 aliphatic rings. The van der Waals surface area contributed by atoms with Gasteiger partial charge in [0.25, 0.3) is 0 Å². The fourth-order valence-corrected chi connectivity index (χ4v) is 2.36. The van der Waals surface area contributed by atoms with Crippen molar-refractivity contribution in [1.82, 2.24) is 10.2 Å². The highest BCUT2D eigenvalue weighted by Crippen LogP contribution is 2.27. The maximum absolute atomic E-state index is 13.1. The predicted octanol–water partition coefficient (Wildman–Crippen LogP) is 1.65. The summed E-state index contributed by atoms with van der Waals surface area (Å²) in [7, 11) is 0. The quantitative estimate of drug-likeness (QED) is 0.865. The van der Waals surface area contributed by atoms with E-state index in [9.17, 15) is 9.18 Å². The Morgan fingerprint density at radius 2 is 2.44 bits per heavy atom. The first kappa shape index (κ1) is 11.1. The van der Waals surface area contributed by atoms with Crippen LogP contribution in [0, 0.1) is 5.82 Å². The minimum atomic E-state index is -0.398. The van der Waals surface area contributed by atoms with Gasteiger partial charge in [0.15, 0.2) is 0 Å². The van der Waals surface area contributed by atoms with Crippen LogP contribution in [-0.2, 0) is 11.2 Å². The van der Waals surface area contributed by atoms with Crippen LogP contribution in [0.2, 0.25) is 0 Å². The van der Waals surface area contributed by atoms with Crippen LogP contribution in [-0.4, -0.2) is 22.1 Å². The summed E-state index contributed by atoms with van der Waals surface area (Å²) >= 11 is 1.25. The van der Waals surface area contributed by atoms with Crippen molar-refractivity contribution in [3.8, 4) is 0 Å². The van der Waals surface area contributed by atoms with E-state index in [1.807, 2.05) is 0 Å². The molecule has 1 aliphatic heterocycles. The van der Waals surface area contributed by atoms with Crippen molar-refractivity contribution < 1.29 is 9.18 Å². The Hall–Kier alpha value is -2.02. The molecule has 5 nitrogen and oxygen atoms in total. The van der Waals surface area contributed by atoms with E-state index < -0.39 is 6.04 Å². The number of aromatic nitrogens is 2. The number of rotatable bonds is 2. The summed E-state index contributed by atoms with van der Waals surface area (Å²) in [6.45, 7) is 0. The standard InChI is InChI=1S/C11H9FN4OS/c12-7-1-2-8-6(3-7)4-9(14-8)10(17)15-11-16-13-5-18-11/h1-3,5,9,14H,4H2,(H,15,16,17). The van der Waals surface area contributed by atoms with Crippen molar-refractivity contribution in [2.75, 3.05) is 10.6 Å². The molecule has 0 radical (unpaired) electrons. The van der Waals surface area contributed by atoms with Crippen molar-refractivity contribution in [2.24, 2.45) is 0 Å². The summed E-state index contributed by atoms with van der Waals surface area (Å²) in [6.07, 6.45) is 0.470. The van der Waals surface area contributed by atoms with Gasteiger partial charge >= 0.3 is 0 Å². The lowest BCUT2D eigenvalue weighted by molar-refractivity contribution is -0.116. The normalized spacial score (nSPS) is 17.1. The van der Waals surface area contributed by atoms with Gasteiger partial charge in [-0.1, -0.05) is 11.3 Å². The summed E-state index contributed by atoms with van der Waals surface area (Å²) in [6, 6.07) is 4.06. The first-order valence-corrected chi connectivity index (χ1v) is 6.22. The van der Waals surface area contributed by atoms with Crippen LogP contribution in [0.4, 0.5) is 15.2 Å². The average molecular weight is 264 g/mol. The number of benzene rings is 1. The van der Waals surface area contributed by atoms with Crippen LogP contribution < -0.4 is 10.6 Å². The second-order valence-corrected chi connectivity index (χ2v) is 4.77. The molecule has 1 aromatic heterocycles. The molecular weight excluding hydrogens is 255 g/mol. The van der Waals surface area contributed by atoms with E-state index in [1.165, 1.54) is 23.5 Å². The summed E-state index contributed by atoms with van der Waals surface area (Å²) in [5.74, 6) is -0.482. The van der Waals surface area contributed by atoms with E-state index in [0.29, 0.717) is 11.6 Å². The van der Waals surface area contributed by atoms with Gasteiger partial charge in [0.05, 0.1) is 0 Å². The minimum absolute atomic E-state index is 0.191. The van der Waals surface area contributed by atoms with Crippen molar-refractivity contribution in [3.63, 3.8) is 0 Å². The van der Waals surface area contributed by atoms with Gasteiger partial charge in [-0.3, -0.25) is 10.1 Å². The number of amides is 1. The fraction of sp³-hybridized carbons (Fsp3) is 0.182. The van der Waals surface area contributed by atoms with E-state index in [0.717, 1.165) is 11.3 Å². The molecule has 0 saturated carbocycles. The molecule has 18 heavy (non-hydrogen) atoms. The Morgan fingerprint density at radius 3 is 3.22 bits per heavy atom. The van der Waals surface area contributed by atoms with Gasteiger partial charge in [-0.2, -0.15) is 0 Å². The van der Waals surface area contributed by atoms with Crippen molar-refractivity contribution in [1.29, 1.82) is 0 Å². The molecule has 0 fully saturated rings. The third-order valence-electron chi connectivity index (χ3n) is 2.73. The molecule has 7 heteroatoms. The number of nitrogens with one attached hydrogen (secondary N) is 2. The third kappa shape index (κ3) is 2.04. The second-order valence-electron chi connectivity index (χ2n) is 3.94. The number of fused-ring (bicyclic) bond motifs is 1. The number of hydrogen-bond acceptors (Lipinski definition) is 5. The van der Waals surface area contributed by atoms with Crippen LogP contribution in [0.25, 0.3) is 0 Å². The molecule has 1 amide bonds. The molecule has 0 spiro atoms. The fourth-order valence-electron chi connectivity index (χ4n) is 1.91. The first-order chi connectivity index (χ1) is 8.72.